The number of nitrogens with one attached hydrogen (secondary N) is 1. The van der Waals surface area contributed by atoms with Gasteiger partial charge in [-0.1, -0.05) is 223 Å². The lowest BCUT2D eigenvalue weighted by molar-refractivity contribution is -0.130. The molecule has 0 aliphatic heterocycles. The molecule has 0 aliphatic rings. The average molecular weight is 850 g/mol. The molecule has 1 amide bonds. The lowest BCUT2D eigenvalue weighted by Gasteiger charge is -2.22. The van der Waals surface area contributed by atoms with Crippen LogP contribution in [0.1, 0.15) is 245 Å². The molecule has 0 saturated carbocycles. The average Bonchev–Trinajstić information content (AvgIpc) is 3.21. The largest absolute Gasteiger partial charge is 0.387 e. The molecular weight excluding hydrogens is 755 g/mol. The van der Waals surface area contributed by atoms with Crippen LogP contribution >= 0.6 is 0 Å². The van der Waals surface area contributed by atoms with Crippen LogP contribution in [0.15, 0.2) is 48.6 Å². The number of hydrogen-bond acceptors (Lipinski definition) is 5. The Labute approximate surface area is 365 Å². The second kappa shape index (κ2) is 44.3. The van der Waals surface area contributed by atoms with Crippen molar-refractivity contribution in [3.63, 3.8) is 0 Å². The highest BCUT2D eigenvalue weighted by Gasteiger charge is 2.27. The first kappa shape index (κ1) is 57.3. The van der Waals surface area contributed by atoms with Crippen LogP contribution in [0.3, 0.4) is 0 Å². The highest BCUT2D eigenvalue weighted by Crippen LogP contribution is 2.15. The number of unbranched alkanes of at least 4 members (excludes halogenated alkanes) is 30. The van der Waals surface area contributed by atoms with Crippen LogP contribution < -0.4 is 5.32 Å². The fourth-order valence-electron chi connectivity index (χ4n) is 7.48. The number of aliphatic hydroxyl groups is 2. The van der Waals surface area contributed by atoms with Crippen molar-refractivity contribution in [2.75, 3.05) is 5.75 Å². The maximum Gasteiger partial charge on any atom is 0.267 e. The van der Waals surface area contributed by atoms with Gasteiger partial charge in [-0.05, 0) is 70.6 Å². The maximum atomic E-state index is 12.7. The fourth-order valence-corrected chi connectivity index (χ4v) is 8.22. The van der Waals surface area contributed by atoms with Gasteiger partial charge in [0.1, 0.15) is 6.10 Å². The summed E-state index contributed by atoms with van der Waals surface area (Å²) >= 11 is 0. The van der Waals surface area contributed by atoms with Crippen molar-refractivity contribution in [1.29, 1.82) is 0 Å². The van der Waals surface area contributed by atoms with Crippen molar-refractivity contribution in [2.24, 2.45) is 0 Å². The van der Waals surface area contributed by atoms with Crippen molar-refractivity contribution >= 4 is 16.0 Å². The third-order valence-corrected chi connectivity index (χ3v) is 12.1. The molecule has 4 N–H and O–H groups in total. The van der Waals surface area contributed by atoms with Gasteiger partial charge in [-0.25, -0.2) is 0 Å². The summed E-state index contributed by atoms with van der Waals surface area (Å²) in [5.74, 6) is -1.57. The molecule has 0 spiro atoms. The number of carbonyl (C=O) groups excluding carboxylic acids is 1. The van der Waals surface area contributed by atoms with Crippen LogP contribution in [-0.4, -0.2) is 53.1 Å². The van der Waals surface area contributed by atoms with E-state index < -0.39 is 40.0 Å². The van der Waals surface area contributed by atoms with E-state index >= 15 is 0 Å². The van der Waals surface area contributed by atoms with E-state index in [1.54, 1.807) is 6.08 Å². The first-order valence-electron chi connectivity index (χ1n) is 24.9. The van der Waals surface area contributed by atoms with Crippen molar-refractivity contribution in [3.05, 3.63) is 48.6 Å². The lowest BCUT2D eigenvalue weighted by atomic mass is 10.0. The van der Waals surface area contributed by atoms with Crippen LogP contribution in [0, 0.1) is 0 Å². The molecule has 3 atom stereocenters. The molecule has 0 aromatic heterocycles. The molecule has 0 fully saturated rings. The molecule has 0 saturated heterocycles. The van der Waals surface area contributed by atoms with Gasteiger partial charge in [0, 0.05) is 0 Å². The first-order valence-corrected chi connectivity index (χ1v) is 26.6. The number of carbonyl (C=O) groups is 1. The zero-order valence-corrected chi connectivity index (χ0v) is 39.3. The van der Waals surface area contributed by atoms with E-state index in [1.165, 1.54) is 167 Å². The zero-order chi connectivity index (χ0) is 43.3. The molecule has 0 aliphatic carbocycles. The molecule has 0 rings (SSSR count). The molecule has 0 radical (unpaired) electrons. The summed E-state index contributed by atoms with van der Waals surface area (Å²) in [6.07, 6.45) is 57.5. The summed E-state index contributed by atoms with van der Waals surface area (Å²) in [5, 5.41) is 23.5. The van der Waals surface area contributed by atoms with Gasteiger partial charge in [0.05, 0.1) is 17.9 Å². The zero-order valence-electron chi connectivity index (χ0n) is 38.5. The molecule has 3 unspecified atom stereocenters. The number of amides is 1. The minimum Gasteiger partial charge on any atom is -0.387 e. The van der Waals surface area contributed by atoms with Gasteiger partial charge >= 0.3 is 0 Å². The van der Waals surface area contributed by atoms with E-state index in [0.29, 0.717) is 12.8 Å². The van der Waals surface area contributed by atoms with Crippen molar-refractivity contribution in [3.8, 4) is 0 Å². The summed E-state index contributed by atoms with van der Waals surface area (Å²) in [5.41, 5.74) is 0. The summed E-state index contributed by atoms with van der Waals surface area (Å²) in [4.78, 5) is 12.7. The molecule has 0 heterocycles. The Bertz CT molecular complexity index is 1130. The van der Waals surface area contributed by atoms with Gasteiger partial charge in [0.2, 0.25) is 5.91 Å². The SMILES string of the molecule is CCCCCCCCCCCC/C=C/CC/C=C/CC/C=C/C(O)C(CS(=O)(=O)O)NC(=O)C(O)CCCCCCCC/C=C\CCCCCCCCCCCCCC. The molecule has 7 nitrogen and oxygen atoms in total. The van der Waals surface area contributed by atoms with E-state index in [4.69, 9.17) is 0 Å². The third-order valence-electron chi connectivity index (χ3n) is 11.3. The van der Waals surface area contributed by atoms with Crippen molar-refractivity contribution < 1.29 is 28.0 Å². The van der Waals surface area contributed by atoms with Gasteiger partial charge in [0.15, 0.2) is 0 Å². The summed E-state index contributed by atoms with van der Waals surface area (Å²) in [7, 11) is -4.46. The standard InChI is InChI=1S/C51H95NO6S/c1-3-5-7-9-11-13-15-17-19-21-23-25-26-28-30-32-34-36-38-40-42-44-46-50(54)51(55)52-48(47-59(56,57)58)49(53)45-43-41-39-37-35-33-31-29-27-24-22-20-18-16-14-12-10-8-6-4-2/h27-30,35,37,43,45,48-50,53-54H,3-26,31-34,36,38-42,44,46-47H2,1-2H3,(H,52,55)(H,56,57,58)/b29-27+,30-28-,37-35+,45-43+. The third kappa shape index (κ3) is 44.1. The van der Waals surface area contributed by atoms with Gasteiger partial charge < -0.3 is 15.5 Å². The second-order valence-corrected chi connectivity index (χ2v) is 18.7. The number of rotatable bonds is 45. The molecule has 0 aromatic rings. The van der Waals surface area contributed by atoms with Crippen molar-refractivity contribution in [2.45, 2.75) is 263 Å². The van der Waals surface area contributed by atoms with Gasteiger partial charge in [-0.2, -0.15) is 8.42 Å². The highest BCUT2D eigenvalue weighted by atomic mass is 32.2. The van der Waals surface area contributed by atoms with Crippen LogP contribution in [0.2, 0.25) is 0 Å². The topological polar surface area (TPSA) is 124 Å². The van der Waals surface area contributed by atoms with Crippen LogP contribution in [0.25, 0.3) is 0 Å². The first-order chi connectivity index (χ1) is 28.7. The fraction of sp³-hybridized carbons (Fsp3) is 0.824. The van der Waals surface area contributed by atoms with Crippen LogP contribution in [0.4, 0.5) is 0 Å². The van der Waals surface area contributed by atoms with E-state index in [-0.39, 0.29) is 6.42 Å². The Morgan fingerprint density at radius 2 is 0.763 bits per heavy atom. The van der Waals surface area contributed by atoms with Crippen molar-refractivity contribution in [1.82, 2.24) is 5.32 Å². The Kier molecular flexibility index (Phi) is 43.0. The monoisotopic (exact) mass is 850 g/mol. The molecule has 0 aromatic carbocycles. The molecule has 0 bridgehead atoms. The summed E-state index contributed by atoms with van der Waals surface area (Å²) < 4.78 is 32.7. The predicted octanol–water partition coefficient (Wildman–Crippen LogP) is 14.4. The number of hydrogen-bond donors (Lipinski definition) is 4. The molecule has 8 heteroatoms. The smallest absolute Gasteiger partial charge is 0.267 e. The Morgan fingerprint density at radius 1 is 0.458 bits per heavy atom. The summed E-state index contributed by atoms with van der Waals surface area (Å²) in [6, 6.07) is -1.26. The molecule has 346 valence electrons. The second-order valence-electron chi connectivity index (χ2n) is 17.2. The van der Waals surface area contributed by atoms with Gasteiger partial charge in [0.25, 0.3) is 10.1 Å². The maximum absolute atomic E-state index is 12.7. The molecule has 59 heavy (non-hydrogen) atoms. The van der Waals surface area contributed by atoms with Crippen LogP contribution in [0.5, 0.6) is 0 Å². The van der Waals surface area contributed by atoms with Gasteiger partial charge in [-0.15, -0.1) is 0 Å². The lowest BCUT2D eigenvalue weighted by Crippen LogP contribution is -2.50. The highest BCUT2D eigenvalue weighted by molar-refractivity contribution is 7.85. The summed E-state index contributed by atoms with van der Waals surface area (Å²) in [6.45, 7) is 4.54. The Hall–Kier alpha value is -1.74. The minimum atomic E-state index is -4.46. The minimum absolute atomic E-state index is 0.264. The van der Waals surface area contributed by atoms with Gasteiger partial charge in [-0.3, -0.25) is 9.35 Å². The Balaban J connectivity index is 3.99. The van der Waals surface area contributed by atoms with E-state index in [1.807, 2.05) is 0 Å². The van der Waals surface area contributed by atoms with Crippen LogP contribution in [-0.2, 0) is 14.9 Å². The predicted molar refractivity (Wildman–Crippen MR) is 254 cm³/mol. The van der Waals surface area contributed by atoms with E-state index in [9.17, 15) is 28.0 Å². The quantitative estimate of drug-likeness (QED) is 0.0275. The van der Waals surface area contributed by atoms with E-state index in [0.717, 1.165) is 51.4 Å². The number of aliphatic hydroxyl groups excluding tert-OH is 2. The number of allylic oxidation sites excluding steroid dienone is 7. The molecular formula is C51H95NO6S. The van der Waals surface area contributed by atoms with E-state index in [2.05, 4.69) is 55.6 Å². The normalized spacial score (nSPS) is 14.1. The Morgan fingerprint density at radius 3 is 1.12 bits per heavy atom.